The summed E-state index contributed by atoms with van der Waals surface area (Å²) >= 11 is 15.2. The summed E-state index contributed by atoms with van der Waals surface area (Å²) in [6, 6.07) is 13.5. The van der Waals surface area contributed by atoms with Crippen molar-refractivity contribution in [2.45, 2.75) is 13.5 Å². The SMILES string of the molecule is COc1ccc(C)cc1NC(=S)Nc1nn(Cc2ccccc2Cl)cc1Br. The van der Waals surface area contributed by atoms with Crippen LogP contribution in [0.4, 0.5) is 11.5 Å². The Labute approximate surface area is 176 Å². The number of rotatable bonds is 5. The second-order valence-electron chi connectivity index (χ2n) is 5.90. The Hall–Kier alpha value is -2.09. The Kier molecular flexibility index (Phi) is 6.36. The van der Waals surface area contributed by atoms with E-state index in [0.29, 0.717) is 28.2 Å². The first-order valence-corrected chi connectivity index (χ1v) is 9.73. The molecule has 0 aliphatic heterocycles. The van der Waals surface area contributed by atoms with Crippen molar-refractivity contribution in [3.63, 3.8) is 0 Å². The average Bonchev–Trinajstić information content (AvgIpc) is 2.96. The lowest BCUT2D eigenvalue weighted by Gasteiger charge is -2.13. The van der Waals surface area contributed by atoms with Gasteiger partial charge >= 0.3 is 0 Å². The smallest absolute Gasteiger partial charge is 0.176 e. The van der Waals surface area contributed by atoms with Gasteiger partial charge in [0.05, 0.1) is 23.8 Å². The van der Waals surface area contributed by atoms with Gasteiger partial charge in [0.15, 0.2) is 10.9 Å². The number of hydrogen-bond acceptors (Lipinski definition) is 3. The van der Waals surface area contributed by atoms with Crippen LogP contribution in [0.3, 0.4) is 0 Å². The number of halogens is 2. The van der Waals surface area contributed by atoms with Crippen LogP contribution < -0.4 is 15.4 Å². The van der Waals surface area contributed by atoms with Crippen molar-refractivity contribution in [2.75, 3.05) is 17.7 Å². The summed E-state index contributed by atoms with van der Waals surface area (Å²) in [5.74, 6) is 1.33. The molecular formula is C19H18BrClN4OS. The molecule has 8 heteroatoms. The standard InChI is InChI=1S/C19H18BrClN4OS/c1-12-7-8-17(26-2)16(9-12)22-19(27)23-18-14(20)11-25(24-18)10-13-5-3-4-6-15(13)21/h3-9,11H,10H2,1-2H3,(H2,22,23,24,27). The van der Waals surface area contributed by atoms with Crippen LogP contribution in [0.15, 0.2) is 53.1 Å². The lowest BCUT2D eigenvalue weighted by atomic mass is 10.2. The first kappa shape index (κ1) is 19.7. The van der Waals surface area contributed by atoms with E-state index < -0.39 is 0 Å². The first-order valence-electron chi connectivity index (χ1n) is 8.15. The van der Waals surface area contributed by atoms with Gasteiger partial charge in [-0.05, 0) is 64.4 Å². The number of aromatic nitrogens is 2. The van der Waals surface area contributed by atoms with Crippen LogP contribution >= 0.6 is 39.7 Å². The van der Waals surface area contributed by atoms with Crippen LogP contribution in [0, 0.1) is 6.92 Å². The molecule has 0 radical (unpaired) electrons. The lowest BCUT2D eigenvalue weighted by Crippen LogP contribution is -2.20. The number of thiocarbonyl (C=S) groups is 1. The minimum atomic E-state index is 0.419. The van der Waals surface area contributed by atoms with Gasteiger partial charge in [-0.25, -0.2) is 0 Å². The molecule has 3 rings (SSSR count). The molecule has 5 nitrogen and oxygen atoms in total. The van der Waals surface area contributed by atoms with Crippen LogP contribution in [-0.4, -0.2) is 22.0 Å². The van der Waals surface area contributed by atoms with Crippen molar-refractivity contribution in [1.82, 2.24) is 9.78 Å². The van der Waals surface area contributed by atoms with Gasteiger partial charge in [-0.3, -0.25) is 4.68 Å². The molecule has 0 spiro atoms. The topological polar surface area (TPSA) is 51.1 Å². The van der Waals surface area contributed by atoms with Crippen molar-refractivity contribution >= 4 is 56.4 Å². The van der Waals surface area contributed by atoms with E-state index in [2.05, 4.69) is 31.7 Å². The number of hydrogen-bond donors (Lipinski definition) is 2. The molecule has 0 bridgehead atoms. The minimum absolute atomic E-state index is 0.419. The van der Waals surface area contributed by atoms with Gasteiger partial charge in [0.2, 0.25) is 0 Å². The van der Waals surface area contributed by atoms with Crippen LogP contribution in [-0.2, 0) is 6.54 Å². The molecule has 3 aromatic rings. The fourth-order valence-corrected chi connectivity index (χ4v) is 3.36. The summed E-state index contributed by atoms with van der Waals surface area (Å²) in [6.45, 7) is 2.57. The quantitative estimate of drug-likeness (QED) is 0.489. The predicted molar refractivity (Wildman–Crippen MR) is 118 cm³/mol. The average molecular weight is 466 g/mol. The van der Waals surface area contributed by atoms with Gasteiger partial charge < -0.3 is 15.4 Å². The van der Waals surface area contributed by atoms with Crippen LogP contribution in [0.2, 0.25) is 5.02 Å². The van der Waals surface area contributed by atoms with Gasteiger partial charge in [0.1, 0.15) is 5.75 Å². The zero-order chi connectivity index (χ0) is 19.4. The van der Waals surface area contributed by atoms with Crippen LogP contribution in [0.1, 0.15) is 11.1 Å². The van der Waals surface area contributed by atoms with Crippen molar-refractivity contribution < 1.29 is 4.74 Å². The summed E-state index contributed by atoms with van der Waals surface area (Å²) in [5.41, 5.74) is 2.89. The summed E-state index contributed by atoms with van der Waals surface area (Å²) < 4.78 is 7.96. The van der Waals surface area contributed by atoms with Gasteiger partial charge in [-0.15, -0.1) is 0 Å². The molecule has 0 saturated heterocycles. The normalized spacial score (nSPS) is 10.5. The highest BCUT2D eigenvalue weighted by molar-refractivity contribution is 9.10. The Morgan fingerprint density at radius 3 is 2.78 bits per heavy atom. The monoisotopic (exact) mass is 464 g/mol. The highest BCUT2D eigenvalue weighted by Gasteiger charge is 2.11. The zero-order valence-corrected chi connectivity index (χ0v) is 18.0. The van der Waals surface area contributed by atoms with E-state index >= 15 is 0 Å². The lowest BCUT2D eigenvalue weighted by molar-refractivity contribution is 0.417. The van der Waals surface area contributed by atoms with Crippen molar-refractivity contribution in [3.05, 3.63) is 69.3 Å². The van der Waals surface area contributed by atoms with Gasteiger partial charge in [-0.2, -0.15) is 5.10 Å². The Morgan fingerprint density at radius 2 is 2.04 bits per heavy atom. The van der Waals surface area contributed by atoms with E-state index in [-0.39, 0.29) is 0 Å². The van der Waals surface area contributed by atoms with Crippen molar-refractivity contribution in [1.29, 1.82) is 0 Å². The molecule has 0 aliphatic rings. The maximum atomic E-state index is 6.23. The molecule has 0 saturated carbocycles. The van der Waals surface area contributed by atoms with Gasteiger partial charge in [0, 0.05) is 11.2 Å². The fraction of sp³-hybridized carbons (Fsp3) is 0.158. The third-order valence-corrected chi connectivity index (χ3v) is 5.00. The van der Waals surface area contributed by atoms with E-state index in [1.165, 1.54) is 0 Å². The van der Waals surface area contributed by atoms with Crippen LogP contribution in [0.5, 0.6) is 5.75 Å². The van der Waals surface area contributed by atoms with E-state index in [0.717, 1.165) is 21.3 Å². The molecule has 27 heavy (non-hydrogen) atoms. The molecule has 0 atom stereocenters. The molecule has 2 N–H and O–H groups in total. The highest BCUT2D eigenvalue weighted by Crippen LogP contribution is 2.26. The maximum Gasteiger partial charge on any atom is 0.176 e. The molecule has 2 aromatic carbocycles. The number of nitrogens with zero attached hydrogens (tertiary/aromatic N) is 2. The number of anilines is 2. The van der Waals surface area contributed by atoms with E-state index in [1.54, 1.807) is 11.8 Å². The van der Waals surface area contributed by atoms with Gasteiger partial charge in [-0.1, -0.05) is 35.9 Å². The second kappa shape index (κ2) is 8.73. The number of methoxy groups -OCH3 is 1. The number of ether oxygens (including phenoxy) is 1. The Balaban J connectivity index is 1.71. The zero-order valence-electron chi connectivity index (χ0n) is 14.8. The number of nitrogens with one attached hydrogen (secondary N) is 2. The molecule has 0 aliphatic carbocycles. The summed E-state index contributed by atoms with van der Waals surface area (Å²) in [5, 5.41) is 11.9. The molecule has 0 amide bonds. The molecule has 140 valence electrons. The summed E-state index contributed by atoms with van der Waals surface area (Å²) in [6.07, 6.45) is 1.88. The van der Waals surface area contributed by atoms with E-state index in [9.17, 15) is 0 Å². The largest absolute Gasteiger partial charge is 0.495 e. The molecule has 1 aromatic heterocycles. The number of aryl methyl sites for hydroxylation is 1. The fourth-order valence-electron chi connectivity index (χ4n) is 2.54. The molecular weight excluding hydrogens is 448 g/mol. The highest BCUT2D eigenvalue weighted by atomic mass is 79.9. The molecule has 1 heterocycles. The van der Waals surface area contributed by atoms with E-state index in [4.69, 9.17) is 28.6 Å². The molecule has 0 fully saturated rings. The summed E-state index contributed by atoms with van der Waals surface area (Å²) in [4.78, 5) is 0. The number of benzene rings is 2. The Bertz CT molecular complexity index is 976. The predicted octanol–water partition coefficient (Wildman–Crippen LogP) is 5.47. The molecule has 0 unspecified atom stereocenters. The first-order chi connectivity index (χ1) is 13.0. The second-order valence-corrected chi connectivity index (χ2v) is 7.57. The van der Waals surface area contributed by atoms with Crippen LogP contribution in [0.25, 0.3) is 0 Å². The summed E-state index contributed by atoms with van der Waals surface area (Å²) in [7, 11) is 1.62. The van der Waals surface area contributed by atoms with E-state index in [1.807, 2.05) is 55.6 Å². The third kappa shape index (κ3) is 5.00. The van der Waals surface area contributed by atoms with Crippen molar-refractivity contribution in [2.24, 2.45) is 0 Å². The Morgan fingerprint density at radius 1 is 1.26 bits per heavy atom. The van der Waals surface area contributed by atoms with Crippen molar-refractivity contribution in [3.8, 4) is 5.75 Å². The van der Waals surface area contributed by atoms with Gasteiger partial charge in [0.25, 0.3) is 0 Å². The maximum absolute atomic E-state index is 6.23. The third-order valence-electron chi connectivity index (χ3n) is 3.84. The minimum Gasteiger partial charge on any atom is -0.495 e.